The summed E-state index contributed by atoms with van der Waals surface area (Å²) in [5.41, 5.74) is 0. The summed E-state index contributed by atoms with van der Waals surface area (Å²) < 4.78 is 2.06. The first-order chi connectivity index (χ1) is 4.93. The SMILES string of the molecule is [Cl][Ru]=[CH]Sc1ccccc1. The summed E-state index contributed by atoms with van der Waals surface area (Å²) in [7, 11) is 5.57. The molecule has 0 amide bonds. The molecule has 0 radical (unpaired) electrons. The van der Waals surface area contributed by atoms with Crippen LogP contribution in [0.5, 0.6) is 0 Å². The minimum atomic E-state index is -0.0619. The van der Waals surface area contributed by atoms with Gasteiger partial charge in [0.15, 0.2) is 0 Å². The molecular weight excluding hydrogens is 253 g/mol. The number of hydrogen-bond acceptors (Lipinski definition) is 1. The Morgan fingerprint density at radius 2 is 2.00 bits per heavy atom. The average molecular weight is 259 g/mol. The monoisotopic (exact) mass is 259 g/mol. The van der Waals surface area contributed by atoms with Gasteiger partial charge in [0.2, 0.25) is 0 Å². The molecule has 3 heteroatoms. The summed E-state index contributed by atoms with van der Waals surface area (Å²) in [5.74, 6) is 0. The summed E-state index contributed by atoms with van der Waals surface area (Å²) in [6, 6.07) is 10.2. The van der Waals surface area contributed by atoms with E-state index in [0.717, 1.165) is 0 Å². The Morgan fingerprint density at radius 1 is 1.30 bits per heavy atom. The Kier molecular flexibility index (Phi) is 4.28. The zero-order valence-electron chi connectivity index (χ0n) is 5.10. The van der Waals surface area contributed by atoms with E-state index in [2.05, 4.69) is 16.1 Å². The molecule has 0 nitrogen and oxygen atoms in total. The van der Waals surface area contributed by atoms with Crippen molar-refractivity contribution < 1.29 is 15.7 Å². The van der Waals surface area contributed by atoms with E-state index in [0.29, 0.717) is 0 Å². The van der Waals surface area contributed by atoms with Gasteiger partial charge in [0.25, 0.3) is 0 Å². The molecule has 0 aliphatic rings. The molecule has 1 rings (SSSR count). The average Bonchev–Trinajstić information content (AvgIpc) is 2.03. The summed E-state index contributed by atoms with van der Waals surface area (Å²) in [5, 5.41) is 0. The van der Waals surface area contributed by atoms with Crippen LogP contribution in [0, 0.1) is 0 Å². The normalized spacial score (nSPS) is 11.3. The molecule has 0 fully saturated rings. The van der Waals surface area contributed by atoms with Crippen LogP contribution in [0.25, 0.3) is 0 Å². The van der Waals surface area contributed by atoms with Crippen LogP contribution >= 0.6 is 21.5 Å². The number of benzene rings is 1. The van der Waals surface area contributed by atoms with E-state index in [1.807, 2.05) is 18.2 Å². The molecule has 0 aromatic heterocycles. The predicted octanol–water partition coefficient (Wildman–Crippen LogP) is 2.77. The maximum absolute atomic E-state index is 5.57. The predicted molar refractivity (Wildman–Crippen MR) is 44.2 cm³/mol. The molecule has 0 heterocycles. The Hall–Kier alpha value is 0.353. The first-order valence-electron chi connectivity index (χ1n) is 2.69. The Bertz CT molecular complexity index is 210. The van der Waals surface area contributed by atoms with Gasteiger partial charge in [-0.15, -0.1) is 0 Å². The second-order valence-electron chi connectivity index (χ2n) is 1.59. The molecule has 0 atom stereocenters. The molecule has 1 aromatic carbocycles. The second-order valence-corrected chi connectivity index (χ2v) is 4.99. The van der Waals surface area contributed by atoms with E-state index in [1.54, 1.807) is 11.8 Å². The van der Waals surface area contributed by atoms with Crippen LogP contribution in [0.2, 0.25) is 0 Å². The van der Waals surface area contributed by atoms with Gasteiger partial charge in [-0.25, -0.2) is 0 Å². The molecule has 1 aromatic rings. The van der Waals surface area contributed by atoms with Crippen LogP contribution in [0.3, 0.4) is 0 Å². The molecule has 0 saturated heterocycles. The van der Waals surface area contributed by atoms with Gasteiger partial charge in [-0.1, -0.05) is 0 Å². The van der Waals surface area contributed by atoms with Crippen molar-refractivity contribution >= 4 is 25.4 Å². The van der Waals surface area contributed by atoms with Crippen LogP contribution in [-0.4, -0.2) is 3.94 Å². The summed E-state index contributed by atoms with van der Waals surface area (Å²) in [6.07, 6.45) is 0. The van der Waals surface area contributed by atoms with E-state index in [4.69, 9.17) is 9.69 Å². The summed E-state index contributed by atoms with van der Waals surface area (Å²) in [6.45, 7) is 0. The van der Waals surface area contributed by atoms with E-state index in [-0.39, 0.29) is 15.7 Å². The first-order valence-corrected chi connectivity index (χ1v) is 6.81. The number of thioether (sulfide) groups is 1. The molecular formula is C7H6ClRuS. The van der Waals surface area contributed by atoms with Crippen LogP contribution in [-0.2, 0) is 15.7 Å². The topological polar surface area (TPSA) is 0 Å². The van der Waals surface area contributed by atoms with E-state index in [9.17, 15) is 0 Å². The fourth-order valence-electron chi connectivity index (χ4n) is 0.563. The Balaban J connectivity index is 2.59. The molecule has 0 bridgehead atoms. The molecule has 0 saturated carbocycles. The van der Waals surface area contributed by atoms with Gasteiger partial charge in [-0.05, 0) is 0 Å². The van der Waals surface area contributed by atoms with Crippen molar-refractivity contribution in [2.75, 3.05) is 0 Å². The van der Waals surface area contributed by atoms with Gasteiger partial charge in [-0.3, -0.25) is 0 Å². The van der Waals surface area contributed by atoms with Crippen molar-refractivity contribution in [3.8, 4) is 0 Å². The summed E-state index contributed by atoms with van der Waals surface area (Å²) in [4.78, 5) is 1.26. The Morgan fingerprint density at radius 3 is 2.60 bits per heavy atom. The standard InChI is InChI=1S/C7H6S.ClH.Ru/c1-8-7-5-3-2-4-6-7;;/h1-6H;1H;/q;;+1/p-1. The van der Waals surface area contributed by atoms with Crippen molar-refractivity contribution in [3.63, 3.8) is 0 Å². The second kappa shape index (κ2) is 5.06. The zero-order chi connectivity index (χ0) is 7.23. The van der Waals surface area contributed by atoms with Crippen LogP contribution in [0.4, 0.5) is 0 Å². The van der Waals surface area contributed by atoms with Gasteiger partial charge in [0.05, 0.1) is 0 Å². The molecule has 0 N–H and O–H groups in total. The van der Waals surface area contributed by atoms with Crippen molar-refractivity contribution in [3.05, 3.63) is 30.3 Å². The van der Waals surface area contributed by atoms with E-state index >= 15 is 0 Å². The van der Waals surface area contributed by atoms with Gasteiger partial charge < -0.3 is 0 Å². The van der Waals surface area contributed by atoms with Crippen LogP contribution < -0.4 is 0 Å². The molecule has 10 heavy (non-hydrogen) atoms. The number of hydrogen-bond donors (Lipinski definition) is 0. The number of rotatable bonds is 2. The first kappa shape index (κ1) is 8.45. The molecule has 0 unspecified atom stereocenters. The van der Waals surface area contributed by atoms with E-state index < -0.39 is 0 Å². The van der Waals surface area contributed by atoms with Gasteiger partial charge in [0, 0.05) is 0 Å². The zero-order valence-corrected chi connectivity index (χ0v) is 8.41. The van der Waals surface area contributed by atoms with Crippen molar-refractivity contribution in [1.82, 2.24) is 0 Å². The molecule has 55 valence electrons. The summed E-state index contributed by atoms with van der Waals surface area (Å²) >= 11 is 1.64. The quantitative estimate of drug-likeness (QED) is 0.581. The van der Waals surface area contributed by atoms with Crippen molar-refractivity contribution in [2.45, 2.75) is 4.90 Å². The van der Waals surface area contributed by atoms with Gasteiger partial charge >= 0.3 is 76.3 Å². The number of halogens is 1. The van der Waals surface area contributed by atoms with Gasteiger partial charge in [0.1, 0.15) is 0 Å². The van der Waals surface area contributed by atoms with E-state index in [1.165, 1.54) is 4.90 Å². The fourth-order valence-corrected chi connectivity index (χ4v) is 2.51. The van der Waals surface area contributed by atoms with Crippen molar-refractivity contribution in [2.24, 2.45) is 0 Å². The van der Waals surface area contributed by atoms with Gasteiger partial charge in [-0.2, -0.15) is 0 Å². The third kappa shape index (κ3) is 2.96. The maximum atomic E-state index is 5.57. The third-order valence-corrected chi connectivity index (χ3v) is 3.84. The van der Waals surface area contributed by atoms with Crippen LogP contribution in [0.15, 0.2) is 35.2 Å². The van der Waals surface area contributed by atoms with Crippen molar-refractivity contribution in [1.29, 1.82) is 0 Å². The molecule has 0 spiro atoms. The molecule has 0 aliphatic carbocycles. The minimum absolute atomic E-state index is 0.0619. The fraction of sp³-hybridized carbons (Fsp3) is 0. The molecule has 0 aliphatic heterocycles. The Labute approximate surface area is 76.1 Å². The third-order valence-electron chi connectivity index (χ3n) is 0.952. The van der Waals surface area contributed by atoms with Crippen LogP contribution in [0.1, 0.15) is 0 Å².